The van der Waals surface area contributed by atoms with E-state index in [-0.39, 0.29) is 40.7 Å². The molecule has 1 atom stereocenters. The number of aliphatic hydroxyl groups is 1. The van der Waals surface area contributed by atoms with Crippen LogP contribution < -0.4 is 5.32 Å². The first-order chi connectivity index (χ1) is 16.5. The molecule has 1 fully saturated rings. The minimum atomic E-state index is -4.77. The monoisotopic (exact) mass is 507 g/mol. The van der Waals surface area contributed by atoms with Gasteiger partial charge in [0.25, 0.3) is 5.91 Å². The lowest BCUT2D eigenvalue weighted by molar-refractivity contribution is -0.137. The third-order valence-electron chi connectivity index (χ3n) is 5.97. The van der Waals surface area contributed by atoms with Gasteiger partial charge in [0.05, 0.1) is 27.6 Å². The van der Waals surface area contributed by atoms with Crippen molar-refractivity contribution in [3.8, 4) is 5.69 Å². The van der Waals surface area contributed by atoms with E-state index in [1.54, 1.807) is 6.92 Å². The van der Waals surface area contributed by atoms with Crippen LogP contribution in [0.5, 0.6) is 0 Å². The van der Waals surface area contributed by atoms with Crippen LogP contribution in [0.4, 0.5) is 17.6 Å². The van der Waals surface area contributed by atoms with Crippen molar-refractivity contribution in [2.75, 3.05) is 6.54 Å². The fraction of sp³-hybridized carbons (Fsp3) is 0.304. The summed E-state index contributed by atoms with van der Waals surface area (Å²) in [6.45, 7) is 1.67. The molecule has 0 saturated heterocycles. The second-order valence-electron chi connectivity index (χ2n) is 8.57. The maximum absolute atomic E-state index is 14.7. The number of halogens is 5. The van der Waals surface area contributed by atoms with Gasteiger partial charge in [0.1, 0.15) is 23.3 Å². The number of hydrogen-bond donors (Lipinski definition) is 2. The molecule has 3 heterocycles. The molecule has 1 saturated carbocycles. The van der Waals surface area contributed by atoms with E-state index in [0.717, 1.165) is 12.1 Å². The smallest absolute Gasteiger partial charge is 0.388 e. The van der Waals surface area contributed by atoms with Gasteiger partial charge in [-0.15, -0.1) is 0 Å². The van der Waals surface area contributed by atoms with Crippen molar-refractivity contribution in [1.29, 1.82) is 0 Å². The lowest BCUT2D eigenvalue weighted by Gasteiger charge is -2.17. The van der Waals surface area contributed by atoms with E-state index in [1.165, 1.54) is 29.1 Å². The van der Waals surface area contributed by atoms with Crippen LogP contribution in [-0.2, 0) is 6.18 Å². The summed E-state index contributed by atoms with van der Waals surface area (Å²) in [5.41, 5.74) is -2.51. The average molecular weight is 508 g/mol. The van der Waals surface area contributed by atoms with Crippen molar-refractivity contribution in [2.45, 2.75) is 37.6 Å². The largest absolute Gasteiger partial charge is 0.417 e. The number of amides is 1. The first kappa shape index (κ1) is 23.4. The molecule has 2 aliphatic rings. The molecule has 0 bridgehead atoms. The predicted octanol–water partition coefficient (Wildman–Crippen LogP) is 4.25. The van der Waals surface area contributed by atoms with Crippen LogP contribution in [-0.4, -0.2) is 43.4 Å². The number of aliphatic imine (C=N–C) groups is 1. The fourth-order valence-corrected chi connectivity index (χ4v) is 4.27. The topological polar surface area (TPSA) is 92.4 Å². The zero-order chi connectivity index (χ0) is 25.1. The molecule has 1 aliphatic heterocycles. The number of carbonyl (C=O) groups excluding carboxylic acids is 1. The van der Waals surface area contributed by atoms with Crippen LogP contribution in [0.1, 0.15) is 58.9 Å². The summed E-state index contributed by atoms with van der Waals surface area (Å²) in [5, 5.41) is 11.9. The van der Waals surface area contributed by atoms with E-state index >= 15 is 0 Å². The van der Waals surface area contributed by atoms with Gasteiger partial charge < -0.3 is 15.0 Å². The molecule has 1 amide bonds. The lowest BCUT2D eigenvalue weighted by atomic mass is 10.00. The maximum Gasteiger partial charge on any atom is 0.417 e. The van der Waals surface area contributed by atoms with E-state index in [0.29, 0.717) is 12.8 Å². The SMILES string of the molecule is C[C@@H]1N=C(c2ncccc2F)c2c(ccc(C(F)(F)F)c2Cl)-n2cc(C(=O)NCC3(O)CC3)nc21. The number of aromatic nitrogens is 3. The molecule has 7 nitrogen and oxygen atoms in total. The van der Waals surface area contributed by atoms with Crippen LogP contribution in [0.2, 0.25) is 5.02 Å². The summed E-state index contributed by atoms with van der Waals surface area (Å²) in [6.07, 6.45) is -0.956. The Morgan fingerprint density at radius 1 is 1.31 bits per heavy atom. The van der Waals surface area contributed by atoms with E-state index in [4.69, 9.17) is 11.6 Å². The molecular formula is C23H18ClF4N5O2. The van der Waals surface area contributed by atoms with Crippen LogP contribution >= 0.6 is 11.6 Å². The molecule has 0 unspecified atom stereocenters. The third-order valence-corrected chi connectivity index (χ3v) is 6.36. The normalized spacial score (nSPS) is 18.3. The van der Waals surface area contributed by atoms with Gasteiger partial charge in [-0.3, -0.25) is 14.8 Å². The number of nitrogens with one attached hydrogen (secondary N) is 1. The highest BCUT2D eigenvalue weighted by Crippen LogP contribution is 2.41. The summed E-state index contributed by atoms with van der Waals surface area (Å²) in [5.74, 6) is -1.10. The number of fused-ring (bicyclic) bond motifs is 3. The minimum absolute atomic E-state index is 0.0132. The van der Waals surface area contributed by atoms with Gasteiger partial charge in [-0.25, -0.2) is 9.37 Å². The number of pyridine rings is 1. The Morgan fingerprint density at radius 3 is 2.71 bits per heavy atom. The highest BCUT2D eigenvalue weighted by molar-refractivity contribution is 6.37. The molecule has 0 radical (unpaired) electrons. The summed E-state index contributed by atoms with van der Waals surface area (Å²) in [7, 11) is 0. The van der Waals surface area contributed by atoms with Crippen LogP contribution in [0.15, 0.2) is 41.7 Å². The summed E-state index contributed by atoms with van der Waals surface area (Å²) in [4.78, 5) is 25.4. The van der Waals surface area contributed by atoms with Gasteiger partial charge in [-0.2, -0.15) is 13.2 Å². The number of rotatable bonds is 4. The molecule has 0 spiro atoms. The van der Waals surface area contributed by atoms with Crippen molar-refractivity contribution >= 4 is 23.2 Å². The summed E-state index contributed by atoms with van der Waals surface area (Å²) < 4.78 is 57.2. The second-order valence-corrected chi connectivity index (χ2v) is 8.95. The summed E-state index contributed by atoms with van der Waals surface area (Å²) >= 11 is 6.28. The number of benzene rings is 1. The molecule has 182 valence electrons. The zero-order valence-corrected chi connectivity index (χ0v) is 19.0. The van der Waals surface area contributed by atoms with Gasteiger partial charge in [-0.1, -0.05) is 11.6 Å². The highest BCUT2D eigenvalue weighted by atomic mass is 35.5. The number of alkyl halides is 3. The number of carbonyl (C=O) groups is 1. The Kier molecular flexibility index (Phi) is 5.44. The Morgan fingerprint density at radius 2 is 2.06 bits per heavy atom. The van der Waals surface area contributed by atoms with Crippen LogP contribution in [0, 0.1) is 5.82 Å². The molecule has 2 aromatic heterocycles. The van der Waals surface area contributed by atoms with E-state index in [9.17, 15) is 27.5 Å². The first-order valence-corrected chi connectivity index (χ1v) is 11.1. The molecule has 35 heavy (non-hydrogen) atoms. The van der Waals surface area contributed by atoms with E-state index < -0.39 is 40.1 Å². The molecular weight excluding hydrogens is 490 g/mol. The van der Waals surface area contributed by atoms with Gasteiger partial charge in [0, 0.05) is 24.5 Å². The van der Waals surface area contributed by atoms with Gasteiger partial charge in [0.2, 0.25) is 0 Å². The molecule has 1 aromatic carbocycles. The van der Waals surface area contributed by atoms with Crippen molar-refractivity contribution in [2.24, 2.45) is 4.99 Å². The number of hydrogen-bond acceptors (Lipinski definition) is 5. The van der Waals surface area contributed by atoms with Crippen molar-refractivity contribution in [3.63, 3.8) is 0 Å². The van der Waals surface area contributed by atoms with E-state index in [1.807, 2.05) is 0 Å². The van der Waals surface area contributed by atoms with Gasteiger partial charge >= 0.3 is 6.18 Å². The van der Waals surface area contributed by atoms with Crippen LogP contribution in [0.3, 0.4) is 0 Å². The molecule has 2 N–H and O–H groups in total. The molecule has 5 rings (SSSR count). The Balaban J connectivity index is 1.68. The lowest BCUT2D eigenvalue weighted by Crippen LogP contribution is -2.33. The number of imidazole rings is 1. The minimum Gasteiger partial charge on any atom is -0.388 e. The molecule has 1 aliphatic carbocycles. The standard InChI is InChI=1S/C23H18ClF4N5O2/c1-11-20-32-14(21(34)30-10-22(35)6-7-22)9-33(20)15-5-4-12(23(26,27)28)17(24)16(15)19(31-11)18-13(25)3-2-8-29-18/h2-5,8-9,11,35H,6-7,10H2,1H3,(H,30,34)/t11-/m0/s1. The average Bonchev–Trinajstić information content (AvgIpc) is 3.39. The van der Waals surface area contributed by atoms with Crippen molar-refractivity contribution < 1.29 is 27.5 Å². The second kappa shape index (κ2) is 8.13. The fourth-order valence-electron chi connectivity index (χ4n) is 3.91. The molecule has 3 aromatic rings. The van der Waals surface area contributed by atoms with Crippen molar-refractivity contribution in [3.05, 3.63) is 75.8 Å². The maximum atomic E-state index is 14.7. The zero-order valence-electron chi connectivity index (χ0n) is 18.2. The Bertz CT molecular complexity index is 1380. The Labute approximate surface area is 201 Å². The Hall–Kier alpha value is -3.31. The predicted molar refractivity (Wildman–Crippen MR) is 118 cm³/mol. The van der Waals surface area contributed by atoms with Gasteiger partial charge in [0.15, 0.2) is 5.82 Å². The van der Waals surface area contributed by atoms with Crippen molar-refractivity contribution in [1.82, 2.24) is 19.9 Å². The molecule has 12 heteroatoms. The quantitative estimate of drug-likeness (QED) is 0.517. The summed E-state index contributed by atoms with van der Waals surface area (Å²) in [6, 6.07) is 3.67. The number of nitrogens with zero attached hydrogens (tertiary/aromatic N) is 4. The van der Waals surface area contributed by atoms with Crippen LogP contribution in [0.25, 0.3) is 5.69 Å². The highest BCUT2D eigenvalue weighted by Gasteiger charge is 2.41. The third kappa shape index (κ3) is 4.19. The first-order valence-electron chi connectivity index (χ1n) is 10.7. The van der Waals surface area contributed by atoms with Gasteiger partial charge in [-0.05, 0) is 44.0 Å². The van der Waals surface area contributed by atoms with E-state index in [2.05, 4.69) is 20.3 Å².